The zero-order valence-electron chi connectivity index (χ0n) is 11.1. The van der Waals surface area contributed by atoms with E-state index in [9.17, 15) is 0 Å². The van der Waals surface area contributed by atoms with Crippen molar-refractivity contribution >= 4 is 16.5 Å². The van der Waals surface area contributed by atoms with Crippen molar-refractivity contribution in [3.8, 4) is 0 Å². The molecule has 2 heterocycles. The Hall–Kier alpha value is -0.610. The van der Waals surface area contributed by atoms with Crippen molar-refractivity contribution in [2.45, 2.75) is 40.2 Å². The van der Waals surface area contributed by atoms with Crippen molar-refractivity contribution in [3.63, 3.8) is 0 Å². The summed E-state index contributed by atoms with van der Waals surface area (Å²) in [6.07, 6.45) is 4.48. The second kappa shape index (κ2) is 5.36. The number of likely N-dealkylation sites (tertiary alicyclic amines) is 1. The lowest BCUT2D eigenvalue weighted by Gasteiger charge is -2.18. The highest BCUT2D eigenvalue weighted by Gasteiger charge is 2.29. The maximum atomic E-state index is 4.41. The van der Waals surface area contributed by atoms with Crippen LogP contribution in [-0.4, -0.2) is 29.5 Å². The first-order valence-electron chi connectivity index (χ1n) is 6.50. The van der Waals surface area contributed by atoms with Crippen molar-refractivity contribution in [3.05, 3.63) is 11.1 Å². The Balaban J connectivity index is 1.85. The topological polar surface area (TPSA) is 28.2 Å². The minimum atomic E-state index is 0.494. The number of nitrogens with one attached hydrogen (secondary N) is 1. The average Bonchev–Trinajstić information content (AvgIpc) is 2.83. The largest absolute Gasteiger partial charge is 0.362 e. The Labute approximate surface area is 108 Å². The fourth-order valence-electron chi connectivity index (χ4n) is 2.27. The molecule has 0 aliphatic carbocycles. The van der Waals surface area contributed by atoms with Crippen molar-refractivity contribution in [2.75, 3.05) is 25.0 Å². The first-order chi connectivity index (χ1) is 8.09. The number of hydrogen-bond acceptors (Lipinski definition) is 4. The van der Waals surface area contributed by atoms with Crippen LogP contribution in [0.15, 0.2) is 6.20 Å². The van der Waals surface area contributed by atoms with Gasteiger partial charge in [0, 0.05) is 30.7 Å². The van der Waals surface area contributed by atoms with E-state index in [1.54, 1.807) is 11.3 Å². The summed E-state index contributed by atoms with van der Waals surface area (Å²) in [5.41, 5.74) is 0.494. The van der Waals surface area contributed by atoms with E-state index in [4.69, 9.17) is 0 Å². The fourth-order valence-corrected chi connectivity index (χ4v) is 3.15. The Kier molecular flexibility index (Phi) is 4.05. The van der Waals surface area contributed by atoms with Crippen LogP contribution in [0.1, 0.15) is 38.5 Å². The van der Waals surface area contributed by atoms with E-state index in [0.29, 0.717) is 5.41 Å². The molecular formula is C13H23N3S. The molecule has 0 spiro atoms. The number of nitrogens with zero attached hydrogens (tertiary/aromatic N) is 2. The first kappa shape index (κ1) is 12.8. The molecule has 0 saturated carbocycles. The van der Waals surface area contributed by atoms with Crippen LogP contribution in [0.2, 0.25) is 0 Å². The monoisotopic (exact) mass is 253 g/mol. The van der Waals surface area contributed by atoms with Gasteiger partial charge >= 0.3 is 0 Å². The van der Waals surface area contributed by atoms with E-state index in [-0.39, 0.29) is 0 Å². The van der Waals surface area contributed by atoms with Crippen LogP contribution in [0.4, 0.5) is 5.13 Å². The van der Waals surface area contributed by atoms with Gasteiger partial charge in [0.15, 0.2) is 5.13 Å². The van der Waals surface area contributed by atoms with Gasteiger partial charge in [-0.1, -0.05) is 20.8 Å². The van der Waals surface area contributed by atoms with Gasteiger partial charge in [-0.15, -0.1) is 11.3 Å². The highest BCUT2D eigenvalue weighted by atomic mass is 32.1. The number of aromatic nitrogens is 1. The predicted octanol–water partition coefficient (Wildman–Crippen LogP) is 3.20. The summed E-state index contributed by atoms with van der Waals surface area (Å²) in [4.78, 5) is 8.33. The lowest BCUT2D eigenvalue weighted by molar-refractivity contribution is 0.286. The van der Waals surface area contributed by atoms with Gasteiger partial charge in [-0.2, -0.15) is 0 Å². The van der Waals surface area contributed by atoms with Crippen LogP contribution < -0.4 is 5.32 Å². The van der Waals surface area contributed by atoms with E-state index in [0.717, 1.165) is 24.6 Å². The summed E-state index contributed by atoms with van der Waals surface area (Å²) in [6.45, 7) is 11.4. The molecular weight excluding hydrogens is 230 g/mol. The summed E-state index contributed by atoms with van der Waals surface area (Å²) >= 11 is 1.80. The summed E-state index contributed by atoms with van der Waals surface area (Å²) in [7, 11) is 0. The van der Waals surface area contributed by atoms with Gasteiger partial charge in [-0.25, -0.2) is 4.98 Å². The molecule has 4 heteroatoms. The minimum absolute atomic E-state index is 0.494. The maximum absolute atomic E-state index is 4.41. The van der Waals surface area contributed by atoms with Crippen LogP contribution >= 0.6 is 11.3 Å². The average molecular weight is 253 g/mol. The summed E-state index contributed by atoms with van der Waals surface area (Å²) in [5, 5.41) is 4.41. The lowest BCUT2D eigenvalue weighted by Crippen LogP contribution is -2.22. The fraction of sp³-hybridized carbons (Fsp3) is 0.769. The molecule has 17 heavy (non-hydrogen) atoms. The van der Waals surface area contributed by atoms with Crippen LogP contribution in [0.5, 0.6) is 0 Å². The van der Waals surface area contributed by atoms with E-state index in [1.165, 1.54) is 24.4 Å². The molecule has 0 amide bonds. The third-order valence-electron chi connectivity index (χ3n) is 3.22. The molecule has 1 aromatic rings. The molecule has 0 aromatic carbocycles. The molecule has 0 atom stereocenters. The molecule has 2 rings (SSSR count). The Morgan fingerprint density at radius 1 is 1.53 bits per heavy atom. The number of hydrogen-bond donors (Lipinski definition) is 1. The third kappa shape index (κ3) is 3.68. The molecule has 1 aromatic heterocycles. The molecule has 0 bridgehead atoms. The van der Waals surface area contributed by atoms with Crippen molar-refractivity contribution in [1.82, 2.24) is 9.88 Å². The quantitative estimate of drug-likeness (QED) is 0.873. The molecule has 1 aliphatic heterocycles. The van der Waals surface area contributed by atoms with Crippen LogP contribution in [0.25, 0.3) is 0 Å². The molecule has 1 saturated heterocycles. The molecule has 0 radical (unpaired) electrons. The highest BCUT2D eigenvalue weighted by molar-refractivity contribution is 7.15. The zero-order chi connectivity index (χ0) is 12.3. The van der Waals surface area contributed by atoms with Gasteiger partial charge in [-0.3, -0.25) is 4.90 Å². The van der Waals surface area contributed by atoms with Crippen LogP contribution in [-0.2, 0) is 6.54 Å². The minimum Gasteiger partial charge on any atom is -0.362 e. The zero-order valence-corrected chi connectivity index (χ0v) is 11.9. The van der Waals surface area contributed by atoms with Gasteiger partial charge in [0.25, 0.3) is 0 Å². The number of thiazole rings is 1. The molecule has 3 nitrogen and oxygen atoms in total. The molecule has 1 aliphatic rings. The van der Waals surface area contributed by atoms with Gasteiger partial charge in [0.1, 0.15) is 0 Å². The van der Waals surface area contributed by atoms with Gasteiger partial charge < -0.3 is 5.32 Å². The normalized spacial score (nSPS) is 19.7. The van der Waals surface area contributed by atoms with Crippen molar-refractivity contribution in [2.24, 2.45) is 5.41 Å². The van der Waals surface area contributed by atoms with Gasteiger partial charge in [0.2, 0.25) is 0 Å². The van der Waals surface area contributed by atoms with E-state index >= 15 is 0 Å². The molecule has 1 fully saturated rings. The van der Waals surface area contributed by atoms with E-state index in [2.05, 4.69) is 36.0 Å². The Morgan fingerprint density at radius 3 is 3.00 bits per heavy atom. The van der Waals surface area contributed by atoms with Crippen molar-refractivity contribution in [1.29, 1.82) is 0 Å². The molecule has 96 valence electrons. The molecule has 1 N–H and O–H groups in total. The highest BCUT2D eigenvalue weighted by Crippen LogP contribution is 2.30. The summed E-state index contributed by atoms with van der Waals surface area (Å²) in [6, 6.07) is 0. The van der Waals surface area contributed by atoms with Crippen LogP contribution in [0, 0.1) is 5.41 Å². The van der Waals surface area contributed by atoms with E-state index in [1.807, 2.05) is 6.20 Å². The Morgan fingerprint density at radius 2 is 2.35 bits per heavy atom. The number of anilines is 1. The second-order valence-corrected chi connectivity index (χ2v) is 6.80. The van der Waals surface area contributed by atoms with Crippen LogP contribution in [0.3, 0.4) is 0 Å². The SMILES string of the molecule is CCCNc1ncc(CN2CCC(C)(C)C2)s1. The second-order valence-electron chi connectivity index (χ2n) is 5.68. The Bertz CT molecular complexity index is 359. The molecule has 0 unspecified atom stereocenters. The standard InChI is InChI=1S/C13H23N3S/c1-4-6-14-12-15-8-11(17-12)9-16-7-5-13(2,3)10-16/h8H,4-7,9-10H2,1-3H3,(H,14,15). The van der Waals surface area contributed by atoms with E-state index < -0.39 is 0 Å². The summed E-state index contributed by atoms with van der Waals surface area (Å²) in [5.74, 6) is 0. The lowest BCUT2D eigenvalue weighted by atomic mass is 9.93. The maximum Gasteiger partial charge on any atom is 0.182 e. The first-order valence-corrected chi connectivity index (χ1v) is 7.32. The van der Waals surface area contributed by atoms with Gasteiger partial charge in [-0.05, 0) is 24.8 Å². The third-order valence-corrected chi connectivity index (χ3v) is 4.16. The smallest absolute Gasteiger partial charge is 0.182 e. The summed E-state index contributed by atoms with van der Waals surface area (Å²) < 4.78 is 0. The number of rotatable bonds is 5. The van der Waals surface area contributed by atoms with Gasteiger partial charge in [0.05, 0.1) is 0 Å². The van der Waals surface area contributed by atoms with Crippen molar-refractivity contribution < 1.29 is 0 Å². The predicted molar refractivity (Wildman–Crippen MR) is 74.6 cm³/mol.